The Morgan fingerprint density at radius 2 is 1.81 bits per heavy atom. The zero-order chi connectivity index (χ0) is 15.4. The molecule has 1 heterocycles. The van der Waals surface area contributed by atoms with E-state index in [4.69, 9.17) is 0 Å². The highest BCUT2D eigenvalue weighted by atomic mass is 79.9. The number of hydrogen-bond acceptors (Lipinski definition) is 4. The van der Waals surface area contributed by atoms with Gasteiger partial charge in [-0.05, 0) is 62.4 Å². The van der Waals surface area contributed by atoms with E-state index in [0.29, 0.717) is 11.4 Å². The van der Waals surface area contributed by atoms with E-state index in [0.717, 1.165) is 38.7 Å². The van der Waals surface area contributed by atoms with Crippen LogP contribution in [0.3, 0.4) is 0 Å². The van der Waals surface area contributed by atoms with Gasteiger partial charge in [-0.2, -0.15) is 10.4 Å². The normalized spacial score (nSPS) is 10.2. The van der Waals surface area contributed by atoms with Gasteiger partial charge in [-0.25, -0.2) is 0 Å². The first-order chi connectivity index (χ1) is 10.1. The summed E-state index contributed by atoms with van der Waals surface area (Å²) in [5.74, 6) is 0.485. The summed E-state index contributed by atoms with van der Waals surface area (Å²) in [6, 6.07) is 8.03. The minimum atomic E-state index is 0.485. The Morgan fingerprint density at radius 3 is 2.33 bits per heavy atom. The number of nitrogens with zero attached hydrogens (tertiary/aromatic N) is 3. The second-order valence-electron chi connectivity index (χ2n) is 4.39. The molecule has 1 aromatic carbocycles. The number of anilines is 2. The van der Waals surface area contributed by atoms with Crippen molar-refractivity contribution in [2.45, 2.75) is 26.7 Å². The summed E-state index contributed by atoms with van der Waals surface area (Å²) < 4.78 is 1.78. The van der Waals surface area contributed by atoms with Gasteiger partial charge in [0.05, 0.1) is 11.4 Å². The van der Waals surface area contributed by atoms with Gasteiger partial charge in [0.2, 0.25) is 0 Å². The maximum Gasteiger partial charge on any atom is 0.171 e. The summed E-state index contributed by atoms with van der Waals surface area (Å²) in [7, 11) is 0. The van der Waals surface area contributed by atoms with E-state index >= 15 is 0 Å². The molecule has 0 saturated carbocycles. The molecule has 0 saturated heterocycles. The van der Waals surface area contributed by atoms with Gasteiger partial charge in [-0.15, -0.1) is 5.10 Å². The highest BCUT2D eigenvalue weighted by Crippen LogP contribution is 2.34. The van der Waals surface area contributed by atoms with Crippen molar-refractivity contribution >= 4 is 43.4 Å². The maximum absolute atomic E-state index is 9.49. The predicted molar refractivity (Wildman–Crippen MR) is 90.6 cm³/mol. The van der Waals surface area contributed by atoms with Gasteiger partial charge in [0, 0.05) is 8.95 Å². The molecule has 1 aromatic heterocycles. The summed E-state index contributed by atoms with van der Waals surface area (Å²) in [4.78, 5) is 0. The van der Waals surface area contributed by atoms with Crippen molar-refractivity contribution < 1.29 is 0 Å². The number of nitrogens with one attached hydrogen (secondary N) is 1. The van der Waals surface area contributed by atoms with Crippen LogP contribution in [0, 0.1) is 11.3 Å². The van der Waals surface area contributed by atoms with E-state index in [1.807, 2.05) is 32.0 Å². The lowest BCUT2D eigenvalue weighted by atomic mass is 10.0. The first kappa shape index (κ1) is 15.9. The highest BCUT2D eigenvalue weighted by Gasteiger charge is 2.16. The molecule has 0 radical (unpaired) electrons. The number of aryl methyl sites for hydroxylation is 1. The van der Waals surface area contributed by atoms with Crippen molar-refractivity contribution in [3.05, 3.63) is 44.0 Å². The summed E-state index contributed by atoms with van der Waals surface area (Å²) in [6.45, 7) is 4.04. The number of benzene rings is 1. The van der Waals surface area contributed by atoms with Crippen molar-refractivity contribution in [2.24, 2.45) is 0 Å². The van der Waals surface area contributed by atoms with Gasteiger partial charge in [0.15, 0.2) is 5.82 Å². The quantitative estimate of drug-likeness (QED) is 0.791. The van der Waals surface area contributed by atoms with Crippen LogP contribution in [0.4, 0.5) is 11.5 Å². The lowest BCUT2D eigenvalue weighted by Crippen LogP contribution is -2.07. The third-order valence-corrected chi connectivity index (χ3v) is 4.49. The van der Waals surface area contributed by atoms with Crippen molar-refractivity contribution in [2.75, 3.05) is 5.32 Å². The third-order valence-electron chi connectivity index (χ3n) is 3.16. The first-order valence-electron chi connectivity index (χ1n) is 6.61. The zero-order valence-corrected chi connectivity index (χ0v) is 14.9. The van der Waals surface area contributed by atoms with Crippen LogP contribution in [0.15, 0.2) is 27.1 Å². The van der Waals surface area contributed by atoms with Gasteiger partial charge in [0.1, 0.15) is 11.6 Å². The molecule has 0 atom stereocenters. The van der Waals surface area contributed by atoms with Crippen LogP contribution < -0.4 is 5.32 Å². The van der Waals surface area contributed by atoms with E-state index in [1.165, 1.54) is 0 Å². The van der Waals surface area contributed by atoms with Crippen LogP contribution >= 0.6 is 31.9 Å². The van der Waals surface area contributed by atoms with Crippen molar-refractivity contribution in [3.63, 3.8) is 0 Å². The van der Waals surface area contributed by atoms with Crippen LogP contribution in [0.5, 0.6) is 0 Å². The molecule has 2 rings (SSSR count). The maximum atomic E-state index is 9.49. The summed E-state index contributed by atoms with van der Waals surface area (Å²) >= 11 is 6.98. The molecule has 2 aromatic rings. The molecule has 6 heteroatoms. The van der Waals surface area contributed by atoms with Crippen LogP contribution in [0.1, 0.15) is 30.7 Å². The van der Waals surface area contributed by atoms with E-state index in [1.54, 1.807) is 0 Å². The van der Waals surface area contributed by atoms with Gasteiger partial charge in [-0.3, -0.25) is 0 Å². The predicted octanol–water partition coefficient (Wildman–Crippen LogP) is 4.74. The number of rotatable bonds is 4. The second kappa shape index (κ2) is 7.01. The van der Waals surface area contributed by atoms with E-state index < -0.39 is 0 Å². The smallest absolute Gasteiger partial charge is 0.171 e. The summed E-state index contributed by atoms with van der Waals surface area (Å²) in [5, 5.41) is 21.1. The molecule has 108 valence electrons. The molecule has 0 aliphatic rings. The molecule has 0 fully saturated rings. The largest absolute Gasteiger partial charge is 0.336 e. The monoisotopic (exact) mass is 408 g/mol. The molecular formula is C15H14Br2N4. The Morgan fingerprint density at radius 1 is 1.14 bits per heavy atom. The van der Waals surface area contributed by atoms with Crippen molar-refractivity contribution in [1.29, 1.82) is 5.26 Å². The third kappa shape index (κ3) is 3.25. The molecule has 0 unspecified atom stereocenters. The van der Waals surface area contributed by atoms with E-state index in [-0.39, 0.29) is 0 Å². The van der Waals surface area contributed by atoms with E-state index in [2.05, 4.69) is 53.4 Å². The first-order valence-corrected chi connectivity index (χ1v) is 8.20. The fourth-order valence-electron chi connectivity index (χ4n) is 2.12. The Labute approximate surface area is 140 Å². The number of aromatic nitrogens is 2. The zero-order valence-electron chi connectivity index (χ0n) is 11.7. The molecule has 1 N–H and O–H groups in total. The molecule has 4 nitrogen and oxygen atoms in total. The summed E-state index contributed by atoms with van der Waals surface area (Å²) in [6.07, 6.45) is 1.53. The second-order valence-corrected chi connectivity index (χ2v) is 6.10. The van der Waals surface area contributed by atoms with Gasteiger partial charge >= 0.3 is 0 Å². The van der Waals surface area contributed by atoms with Crippen LogP contribution in [-0.4, -0.2) is 10.2 Å². The molecule has 21 heavy (non-hydrogen) atoms. The molecular weight excluding hydrogens is 396 g/mol. The number of nitriles is 1. The average Bonchev–Trinajstić information content (AvgIpc) is 2.50. The van der Waals surface area contributed by atoms with Gasteiger partial charge in [-0.1, -0.05) is 19.9 Å². The fourth-order valence-corrected chi connectivity index (χ4v) is 3.31. The van der Waals surface area contributed by atoms with Gasteiger partial charge in [0.25, 0.3) is 0 Å². The topological polar surface area (TPSA) is 61.6 Å². The van der Waals surface area contributed by atoms with Crippen molar-refractivity contribution in [3.8, 4) is 6.07 Å². The Hall–Kier alpha value is -1.45. The number of para-hydroxylation sites is 1. The molecule has 0 aliphatic heterocycles. The fraction of sp³-hybridized carbons (Fsp3) is 0.267. The molecule has 0 aliphatic carbocycles. The molecule has 0 bridgehead atoms. The Kier molecular flexibility index (Phi) is 5.32. The lowest BCUT2D eigenvalue weighted by molar-refractivity contribution is 0.877. The van der Waals surface area contributed by atoms with E-state index in [9.17, 15) is 5.26 Å². The van der Waals surface area contributed by atoms with Gasteiger partial charge < -0.3 is 5.32 Å². The SMILES string of the molecule is CCc1nnc(Nc2c(Br)cccc2Br)c(C#N)c1CC. The molecule has 0 amide bonds. The number of hydrogen-bond donors (Lipinski definition) is 1. The summed E-state index contributed by atoms with van der Waals surface area (Å²) in [5.41, 5.74) is 3.23. The average molecular weight is 410 g/mol. The minimum Gasteiger partial charge on any atom is -0.336 e. The van der Waals surface area contributed by atoms with Crippen LogP contribution in [0.25, 0.3) is 0 Å². The minimum absolute atomic E-state index is 0.485. The van der Waals surface area contributed by atoms with Crippen LogP contribution in [-0.2, 0) is 12.8 Å². The molecule has 0 spiro atoms. The highest BCUT2D eigenvalue weighted by molar-refractivity contribution is 9.11. The standard InChI is InChI=1S/C15H14Br2N4/c1-3-9-10(8-18)15(21-20-13(9)4-2)19-14-11(16)6-5-7-12(14)17/h5-7H,3-4H2,1-2H3,(H,19,21). The van der Waals surface area contributed by atoms with Crippen LogP contribution in [0.2, 0.25) is 0 Å². The Balaban J connectivity index is 2.53. The Bertz CT molecular complexity index is 687. The lowest BCUT2D eigenvalue weighted by Gasteiger charge is -2.14. The number of halogens is 2. The van der Waals surface area contributed by atoms with Crippen molar-refractivity contribution in [1.82, 2.24) is 10.2 Å².